The van der Waals surface area contributed by atoms with Gasteiger partial charge in [0.2, 0.25) is 6.41 Å². The first-order valence-corrected chi connectivity index (χ1v) is 6.24. The van der Waals surface area contributed by atoms with Crippen LogP contribution in [0.1, 0.15) is 0 Å². The van der Waals surface area contributed by atoms with E-state index in [4.69, 9.17) is 0 Å². The minimum absolute atomic E-state index is 0.0495. The van der Waals surface area contributed by atoms with E-state index in [2.05, 4.69) is 5.32 Å². The van der Waals surface area contributed by atoms with Crippen molar-refractivity contribution in [2.75, 3.05) is 5.32 Å². The monoisotopic (exact) mass is 274 g/mol. The highest BCUT2D eigenvalue weighted by atomic mass is 32.2. The molecule has 0 heterocycles. The van der Waals surface area contributed by atoms with Crippen LogP contribution in [0, 0.1) is 10.1 Å². The Morgan fingerprint density at radius 2 is 1.68 bits per heavy atom. The van der Waals surface area contributed by atoms with Crippen molar-refractivity contribution in [1.82, 2.24) is 0 Å². The lowest BCUT2D eigenvalue weighted by atomic mass is 10.3. The molecule has 0 unspecified atom stereocenters. The fourth-order valence-electron chi connectivity index (χ4n) is 1.55. The molecule has 0 aliphatic rings. The Balaban J connectivity index is 2.36. The number of nitro benzene ring substituents is 1. The number of anilines is 1. The van der Waals surface area contributed by atoms with Crippen LogP contribution in [0.4, 0.5) is 11.4 Å². The molecular formula is C13H10N2O3S. The number of hydrogen-bond donors (Lipinski definition) is 1. The molecule has 1 amide bonds. The molecule has 0 aliphatic heterocycles. The van der Waals surface area contributed by atoms with Crippen LogP contribution in [0.2, 0.25) is 0 Å². The van der Waals surface area contributed by atoms with Crippen LogP contribution in [0.3, 0.4) is 0 Å². The number of benzene rings is 2. The van der Waals surface area contributed by atoms with E-state index in [-0.39, 0.29) is 5.69 Å². The average Bonchev–Trinajstić information content (AvgIpc) is 2.42. The van der Waals surface area contributed by atoms with Gasteiger partial charge in [0.25, 0.3) is 5.69 Å². The van der Waals surface area contributed by atoms with E-state index in [1.54, 1.807) is 36.4 Å². The summed E-state index contributed by atoms with van der Waals surface area (Å²) in [5.74, 6) is 0. The van der Waals surface area contributed by atoms with E-state index in [0.29, 0.717) is 17.0 Å². The highest BCUT2D eigenvalue weighted by Crippen LogP contribution is 2.37. The van der Waals surface area contributed by atoms with E-state index < -0.39 is 4.92 Å². The minimum Gasteiger partial charge on any atom is -0.328 e. The third kappa shape index (κ3) is 3.11. The van der Waals surface area contributed by atoms with E-state index in [9.17, 15) is 14.9 Å². The first kappa shape index (κ1) is 13.1. The maximum atomic E-state index is 10.9. The molecule has 0 spiro atoms. The molecular weight excluding hydrogens is 264 g/mol. The topological polar surface area (TPSA) is 72.2 Å². The van der Waals surface area contributed by atoms with E-state index in [0.717, 1.165) is 4.90 Å². The van der Waals surface area contributed by atoms with Crippen molar-refractivity contribution in [3.8, 4) is 0 Å². The lowest BCUT2D eigenvalue weighted by Crippen LogP contribution is -1.95. The summed E-state index contributed by atoms with van der Waals surface area (Å²) in [6.07, 6.45) is 0.582. The summed E-state index contributed by atoms with van der Waals surface area (Å²) in [4.78, 5) is 22.3. The second-order valence-corrected chi connectivity index (χ2v) is 4.67. The molecule has 2 rings (SSSR count). The molecule has 1 N–H and O–H groups in total. The van der Waals surface area contributed by atoms with Crippen molar-refractivity contribution < 1.29 is 9.72 Å². The van der Waals surface area contributed by atoms with E-state index >= 15 is 0 Å². The molecule has 2 aromatic rings. The Kier molecular flexibility index (Phi) is 4.15. The van der Waals surface area contributed by atoms with Gasteiger partial charge in [0, 0.05) is 11.0 Å². The smallest absolute Gasteiger partial charge is 0.283 e. The quantitative estimate of drug-likeness (QED) is 0.515. The Hall–Kier alpha value is -2.34. The number of hydrogen-bond acceptors (Lipinski definition) is 4. The van der Waals surface area contributed by atoms with Crippen LogP contribution in [0.15, 0.2) is 58.3 Å². The Labute approximate surface area is 113 Å². The number of nitro groups is 1. The van der Waals surface area contributed by atoms with Crippen molar-refractivity contribution in [2.24, 2.45) is 0 Å². The molecule has 6 heteroatoms. The van der Waals surface area contributed by atoms with E-state index in [1.807, 2.05) is 6.07 Å². The van der Waals surface area contributed by atoms with Crippen LogP contribution in [-0.2, 0) is 4.79 Å². The molecule has 0 saturated heterocycles. The summed E-state index contributed by atoms with van der Waals surface area (Å²) in [6.45, 7) is 0. The number of nitrogens with one attached hydrogen (secondary N) is 1. The van der Waals surface area contributed by atoms with Gasteiger partial charge >= 0.3 is 0 Å². The summed E-state index contributed by atoms with van der Waals surface area (Å²) < 4.78 is 0. The first-order valence-electron chi connectivity index (χ1n) is 5.43. The lowest BCUT2D eigenvalue weighted by molar-refractivity contribution is -0.387. The van der Waals surface area contributed by atoms with Gasteiger partial charge in [-0.2, -0.15) is 0 Å². The molecule has 0 aliphatic carbocycles. The molecule has 2 aromatic carbocycles. The first-order chi connectivity index (χ1) is 9.22. The third-order valence-electron chi connectivity index (χ3n) is 2.38. The minimum atomic E-state index is -0.419. The maximum absolute atomic E-state index is 10.9. The van der Waals surface area contributed by atoms with Gasteiger partial charge in [-0.3, -0.25) is 14.9 Å². The fourth-order valence-corrected chi connectivity index (χ4v) is 2.57. The number of nitrogens with zero attached hydrogens (tertiary/aromatic N) is 1. The lowest BCUT2D eigenvalue weighted by Gasteiger charge is -2.07. The van der Waals surface area contributed by atoms with E-state index in [1.165, 1.54) is 17.8 Å². The van der Waals surface area contributed by atoms with Gasteiger partial charge in [-0.25, -0.2) is 0 Å². The molecule has 0 bridgehead atoms. The summed E-state index contributed by atoms with van der Waals surface area (Å²) in [6, 6.07) is 13.6. The predicted octanol–water partition coefficient (Wildman–Crippen LogP) is 3.31. The van der Waals surface area contributed by atoms with Gasteiger partial charge < -0.3 is 5.32 Å². The number of carbonyl (C=O) groups excluding carboxylic acids is 1. The maximum Gasteiger partial charge on any atom is 0.283 e. The second kappa shape index (κ2) is 6.01. The Morgan fingerprint density at radius 1 is 1.05 bits per heavy atom. The highest BCUT2D eigenvalue weighted by molar-refractivity contribution is 7.99. The van der Waals surface area contributed by atoms with Gasteiger partial charge in [-0.15, -0.1) is 0 Å². The summed E-state index contributed by atoms with van der Waals surface area (Å²) in [5, 5.41) is 13.5. The van der Waals surface area contributed by atoms with Crippen molar-refractivity contribution >= 4 is 29.5 Å². The zero-order valence-electron chi connectivity index (χ0n) is 9.78. The molecule has 0 radical (unpaired) electrons. The van der Waals surface area contributed by atoms with Gasteiger partial charge in [0.15, 0.2) is 0 Å². The van der Waals surface area contributed by atoms with Crippen LogP contribution < -0.4 is 5.32 Å². The molecule has 19 heavy (non-hydrogen) atoms. The highest BCUT2D eigenvalue weighted by Gasteiger charge is 2.14. The second-order valence-electron chi connectivity index (χ2n) is 3.59. The normalized spacial score (nSPS) is 9.89. The largest absolute Gasteiger partial charge is 0.328 e. The predicted molar refractivity (Wildman–Crippen MR) is 73.3 cm³/mol. The summed E-state index contributed by atoms with van der Waals surface area (Å²) in [5.41, 5.74) is 0.675. The molecule has 96 valence electrons. The molecule has 0 aromatic heterocycles. The van der Waals surface area contributed by atoms with Gasteiger partial charge in [-0.05, 0) is 18.2 Å². The number of rotatable bonds is 5. The number of para-hydroxylation sites is 2. The Morgan fingerprint density at radius 3 is 2.37 bits per heavy atom. The van der Waals surface area contributed by atoms with Gasteiger partial charge in [0.05, 0.1) is 15.5 Å². The third-order valence-corrected chi connectivity index (χ3v) is 3.52. The van der Waals surface area contributed by atoms with Crippen LogP contribution >= 0.6 is 11.8 Å². The van der Waals surface area contributed by atoms with Crippen molar-refractivity contribution in [1.29, 1.82) is 0 Å². The summed E-state index contributed by atoms with van der Waals surface area (Å²) in [7, 11) is 0. The summed E-state index contributed by atoms with van der Waals surface area (Å²) >= 11 is 1.25. The standard InChI is InChI=1S/C13H10N2O3S/c16-9-14-10-5-1-3-7-12(10)19-13-8-4-2-6-11(13)15(17)18/h1-9H,(H,14,16). The molecule has 5 nitrogen and oxygen atoms in total. The zero-order chi connectivity index (χ0) is 13.7. The average molecular weight is 274 g/mol. The number of amides is 1. The van der Waals surface area contributed by atoms with Gasteiger partial charge in [-0.1, -0.05) is 36.0 Å². The Bertz CT molecular complexity index is 616. The number of carbonyl (C=O) groups is 1. The zero-order valence-corrected chi connectivity index (χ0v) is 10.6. The van der Waals surface area contributed by atoms with Crippen molar-refractivity contribution in [2.45, 2.75) is 9.79 Å². The van der Waals surface area contributed by atoms with Crippen LogP contribution in [0.25, 0.3) is 0 Å². The SMILES string of the molecule is O=CNc1ccccc1Sc1ccccc1[N+](=O)[O-]. The fraction of sp³-hybridized carbons (Fsp3) is 0. The van der Waals surface area contributed by atoms with Crippen molar-refractivity contribution in [3.05, 3.63) is 58.6 Å². The van der Waals surface area contributed by atoms with Crippen LogP contribution in [-0.4, -0.2) is 11.3 Å². The molecule has 0 fully saturated rings. The van der Waals surface area contributed by atoms with Gasteiger partial charge in [0.1, 0.15) is 0 Å². The van der Waals surface area contributed by atoms with Crippen LogP contribution in [0.5, 0.6) is 0 Å². The molecule has 0 atom stereocenters. The molecule has 0 saturated carbocycles. The van der Waals surface area contributed by atoms with Crippen molar-refractivity contribution in [3.63, 3.8) is 0 Å².